The van der Waals surface area contributed by atoms with Crippen molar-refractivity contribution in [3.05, 3.63) is 28.8 Å². The van der Waals surface area contributed by atoms with Crippen LogP contribution in [0.4, 0.5) is 0 Å². The fraction of sp³-hybridized carbons (Fsp3) is 0.364. The van der Waals surface area contributed by atoms with Crippen LogP contribution in [0.5, 0.6) is 5.75 Å². The molecule has 0 radical (unpaired) electrons. The molecule has 0 bridgehead atoms. The molecular formula is C11H13ClO2. The van der Waals surface area contributed by atoms with Gasteiger partial charge in [-0.25, -0.2) is 0 Å². The van der Waals surface area contributed by atoms with Crippen LogP contribution in [0.1, 0.15) is 18.9 Å². The minimum absolute atomic E-state index is 0.402. The van der Waals surface area contributed by atoms with E-state index in [1.165, 1.54) is 0 Å². The van der Waals surface area contributed by atoms with E-state index in [1.807, 2.05) is 19.1 Å². The molecule has 0 saturated heterocycles. The molecule has 0 unspecified atom stereocenters. The maximum atomic E-state index is 10.3. The summed E-state index contributed by atoms with van der Waals surface area (Å²) in [5.41, 5.74) is 0.926. The maximum Gasteiger partial charge on any atom is 0.138 e. The summed E-state index contributed by atoms with van der Waals surface area (Å²) in [4.78, 5) is 10.3. The van der Waals surface area contributed by atoms with Crippen molar-refractivity contribution in [2.75, 3.05) is 6.61 Å². The van der Waals surface area contributed by atoms with E-state index in [2.05, 4.69) is 0 Å². The van der Waals surface area contributed by atoms with E-state index in [0.29, 0.717) is 23.8 Å². The Labute approximate surface area is 88.8 Å². The van der Waals surface area contributed by atoms with Crippen LogP contribution in [0.15, 0.2) is 18.2 Å². The van der Waals surface area contributed by atoms with Crippen LogP contribution >= 0.6 is 11.6 Å². The van der Waals surface area contributed by atoms with E-state index in [-0.39, 0.29) is 0 Å². The molecule has 0 fully saturated rings. The molecular weight excluding hydrogens is 200 g/mol. The third-order valence-corrected chi connectivity index (χ3v) is 2.09. The van der Waals surface area contributed by atoms with Gasteiger partial charge in [-0.2, -0.15) is 0 Å². The number of halogens is 1. The highest BCUT2D eigenvalue weighted by Gasteiger charge is 2.02. The standard InChI is InChI=1S/C11H13ClO2/c1-2-7-14-11-8-9(5-6-13)3-4-10(11)12/h3-4,6,8H,2,5,7H2,1H3. The van der Waals surface area contributed by atoms with Gasteiger partial charge in [0.25, 0.3) is 0 Å². The quantitative estimate of drug-likeness (QED) is 0.702. The van der Waals surface area contributed by atoms with Gasteiger partial charge >= 0.3 is 0 Å². The van der Waals surface area contributed by atoms with Crippen molar-refractivity contribution in [2.24, 2.45) is 0 Å². The van der Waals surface area contributed by atoms with Crippen LogP contribution < -0.4 is 4.74 Å². The molecule has 0 aromatic heterocycles. The number of ether oxygens (including phenoxy) is 1. The third kappa shape index (κ3) is 3.04. The summed E-state index contributed by atoms with van der Waals surface area (Å²) in [7, 11) is 0. The first-order chi connectivity index (χ1) is 6.77. The number of carbonyl (C=O) groups is 1. The minimum atomic E-state index is 0.402. The van der Waals surface area contributed by atoms with Crippen molar-refractivity contribution in [3.63, 3.8) is 0 Å². The predicted octanol–water partition coefficient (Wildman–Crippen LogP) is 2.87. The zero-order chi connectivity index (χ0) is 10.4. The van der Waals surface area contributed by atoms with E-state index < -0.39 is 0 Å². The van der Waals surface area contributed by atoms with E-state index in [0.717, 1.165) is 18.3 Å². The monoisotopic (exact) mass is 212 g/mol. The number of carbonyl (C=O) groups excluding carboxylic acids is 1. The van der Waals surface area contributed by atoms with Gasteiger partial charge < -0.3 is 9.53 Å². The number of hydrogen-bond donors (Lipinski definition) is 0. The molecule has 0 spiro atoms. The molecule has 14 heavy (non-hydrogen) atoms. The molecule has 0 aliphatic rings. The first-order valence-electron chi connectivity index (χ1n) is 4.62. The van der Waals surface area contributed by atoms with Crippen LogP contribution in [-0.4, -0.2) is 12.9 Å². The van der Waals surface area contributed by atoms with Gasteiger partial charge in [0, 0.05) is 6.42 Å². The van der Waals surface area contributed by atoms with Gasteiger partial charge in [0.1, 0.15) is 12.0 Å². The van der Waals surface area contributed by atoms with Crippen molar-refractivity contribution in [1.29, 1.82) is 0 Å². The Bertz CT molecular complexity index is 310. The fourth-order valence-corrected chi connectivity index (χ4v) is 1.27. The predicted molar refractivity (Wildman–Crippen MR) is 57.0 cm³/mol. The minimum Gasteiger partial charge on any atom is -0.492 e. The molecule has 1 rings (SSSR count). The summed E-state index contributed by atoms with van der Waals surface area (Å²) in [6.07, 6.45) is 2.21. The summed E-state index contributed by atoms with van der Waals surface area (Å²) in [5, 5.41) is 0.591. The van der Waals surface area contributed by atoms with E-state index in [9.17, 15) is 4.79 Å². The lowest BCUT2D eigenvalue weighted by Crippen LogP contribution is -1.97. The second-order valence-corrected chi connectivity index (χ2v) is 3.39. The highest BCUT2D eigenvalue weighted by atomic mass is 35.5. The van der Waals surface area contributed by atoms with Crippen molar-refractivity contribution < 1.29 is 9.53 Å². The first kappa shape index (κ1) is 11.1. The van der Waals surface area contributed by atoms with Crippen LogP contribution in [-0.2, 0) is 11.2 Å². The molecule has 1 aromatic carbocycles. The Hall–Kier alpha value is -1.02. The molecule has 2 nitrogen and oxygen atoms in total. The lowest BCUT2D eigenvalue weighted by atomic mass is 10.1. The number of rotatable bonds is 5. The van der Waals surface area contributed by atoms with Crippen molar-refractivity contribution >= 4 is 17.9 Å². The van der Waals surface area contributed by atoms with E-state index in [1.54, 1.807) is 6.07 Å². The average Bonchev–Trinajstić information content (AvgIpc) is 2.19. The van der Waals surface area contributed by atoms with Gasteiger partial charge in [0.2, 0.25) is 0 Å². The topological polar surface area (TPSA) is 26.3 Å². The zero-order valence-electron chi connectivity index (χ0n) is 8.13. The maximum absolute atomic E-state index is 10.3. The zero-order valence-corrected chi connectivity index (χ0v) is 8.88. The third-order valence-electron chi connectivity index (χ3n) is 1.78. The second kappa shape index (κ2) is 5.66. The van der Waals surface area contributed by atoms with E-state index in [4.69, 9.17) is 16.3 Å². The summed E-state index contributed by atoms with van der Waals surface area (Å²) >= 11 is 5.92. The van der Waals surface area contributed by atoms with Gasteiger partial charge in [0.15, 0.2) is 0 Å². The Kier molecular flexibility index (Phi) is 4.47. The normalized spacial score (nSPS) is 9.86. The van der Waals surface area contributed by atoms with E-state index >= 15 is 0 Å². The lowest BCUT2D eigenvalue weighted by molar-refractivity contribution is -0.107. The van der Waals surface area contributed by atoms with Gasteiger partial charge in [-0.1, -0.05) is 24.6 Å². The Morgan fingerprint density at radius 3 is 2.93 bits per heavy atom. The van der Waals surface area contributed by atoms with Gasteiger partial charge in [0.05, 0.1) is 11.6 Å². The highest BCUT2D eigenvalue weighted by Crippen LogP contribution is 2.25. The van der Waals surface area contributed by atoms with Crippen LogP contribution in [0, 0.1) is 0 Å². The first-order valence-corrected chi connectivity index (χ1v) is 5.00. The lowest BCUT2D eigenvalue weighted by Gasteiger charge is -2.07. The van der Waals surface area contributed by atoms with Crippen LogP contribution in [0.3, 0.4) is 0 Å². The molecule has 1 aromatic rings. The molecule has 3 heteroatoms. The Balaban J connectivity index is 2.78. The highest BCUT2D eigenvalue weighted by molar-refractivity contribution is 6.32. The number of hydrogen-bond acceptors (Lipinski definition) is 2. The molecule has 0 saturated carbocycles. The second-order valence-electron chi connectivity index (χ2n) is 2.98. The molecule has 0 atom stereocenters. The summed E-state index contributed by atoms with van der Waals surface area (Å²) in [6.45, 7) is 2.67. The van der Waals surface area contributed by atoms with Crippen molar-refractivity contribution in [3.8, 4) is 5.75 Å². The van der Waals surface area contributed by atoms with Gasteiger partial charge in [-0.05, 0) is 24.1 Å². The summed E-state index contributed by atoms with van der Waals surface area (Å²) in [6, 6.07) is 5.40. The van der Waals surface area contributed by atoms with Crippen LogP contribution in [0.2, 0.25) is 5.02 Å². The Morgan fingerprint density at radius 2 is 2.29 bits per heavy atom. The fourth-order valence-electron chi connectivity index (χ4n) is 1.09. The molecule has 0 aliphatic heterocycles. The molecule has 0 amide bonds. The Morgan fingerprint density at radius 1 is 1.50 bits per heavy atom. The molecule has 0 N–H and O–H groups in total. The van der Waals surface area contributed by atoms with Crippen molar-refractivity contribution in [2.45, 2.75) is 19.8 Å². The largest absolute Gasteiger partial charge is 0.492 e. The van der Waals surface area contributed by atoms with Gasteiger partial charge in [-0.15, -0.1) is 0 Å². The smallest absolute Gasteiger partial charge is 0.138 e. The number of aldehydes is 1. The summed E-state index contributed by atoms with van der Waals surface area (Å²) in [5.74, 6) is 0.660. The molecule has 76 valence electrons. The number of benzene rings is 1. The SMILES string of the molecule is CCCOc1cc(CC=O)ccc1Cl. The molecule has 0 aliphatic carbocycles. The van der Waals surface area contributed by atoms with Crippen molar-refractivity contribution in [1.82, 2.24) is 0 Å². The molecule has 0 heterocycles. The van der Waals surface area contributed by atoms with Gasteiger partial charge in [-0.3, -0.25) is 0 Å². The van der Waals surface area contributed by atoms with Crippen LogP contribution in [0.25, 0.3) is 0 Å². The average molecular weight is 213 g/mol. The summed E-state index contributed by atoms with van der Waals surface area (Å²) < 4.78 is 5.43.